The SMILES string of the molecule is COc1ccc(Cl)cc1S(=O)(=O)N1CCCCC1. The number of ether oxygens (including phenoxy) is 1. The number of nitrogens with zero attached hydrogens (tertiary/aromatic N) is 1. The zero-order valence-electron chi connectivity index (χ0n) is 10.2. The number of methoxy groups -OCH3 is 1. The van der Waals surface area contributed by atoms with Gasteiger partial charge in [0, 0.05) is 18.1 Å². The molecular weight excluding hydrogens is 274 g/mol. The van der Waals surface area contributed by atoms with Crippen molar-refractivity contribution in [3.63, 3.8) is 0 Å². The summed E-state index contributed by atoms with van der Waals surface area (Å²) in [7, 11) is -2.05. The van der Waals surface area contributed by atoms with Gasteiger partial charge in [-0.1, -0.05) is 18.0 Å². The van der Waals surface area contributed by atoms with Crippen LogP contribution in [0.5, 0.6) is 5.75 Å². The highest BCUT2D eigenvalue weighted by Gasteiger charge is 2.28. The zero-order valence-corrected chi connectivity index (χ0v) is 11.8. The fraction of sp³-hybridized carbons (Fsp3) is 0.500. The molecular formula is C12H16ClNO3S. The van der Waals surface area contributed by atoms with Crippen LogP contribution < -0.4 is 4.74 Å². The first-order valence-corrected chi connectivity index (χ1v) is 7.71. The molecule has 1 aliphatic heterocycles. The molecule has 1 aromatic carbocycles. The average Bonchev–Trinajstić information content (AvgIpc) is 2.39. The predicted octanol–water partition coefficient (Wildman–Crippen LogP) is 2.52. The largest absolute Gasteiger partial charge is 0.495 e. The summed E-state index contributed by atoms with van der Waals surface area (Å²) in [4.78, 5) is 0.152. The van der Waals surface area contributed by atoms with Gasteiger partial charge in [0.2, 0.25) is 10.0 Å². The molecule has 0 aliphatic carbocycles. The van der Waals surface area contributed by atoms with E-state index in [0.717, 1.165) is 19.3 Å². The van der Waals surface area contributed by atoms with Gasteiger partial charge in [-0.3, -0.25) is 0 Å². The van der Waals surface area contributed by atoms with Crippen LogP contribution in [0.3, 0.4) is 0 Å². The average molecular weight is 290 g/mol. The molecule has 18 heavy (non-hydrogen) atoms. The van der Waals surface area contributed by atoms with Crippen LogP contribution >= 0.6 is 11.6 Å². The summed E-state index contributed by atoms with van der Waals surface area (Å²) in [6.45, 7) is 1.13. The van der Waals surface area contributed by atoms with Crippen LogP contribution in [0.25, 0.3) is 0 Å². The highest BCUT2D eigenvalue weighted by Crippen LogP contribution is 2.30. The normalized spacial score (nSPS) is 17.7. The first kappa shape index (κ1) is 13.6. The fourth-order valence-electron chi connectivity index (χ4n) is 2.10. The Hall–Kier alpha value is -0.780. The van der Waals surface area contributed by atoms with Crippen LogP contribution in [0.4, 0.5) is 0 Å². The molecule has 1 fully saturated rings. The van der Waals surface area contributed by atoms with Gasteiger partial charge in [-0.2, -0.15) is 4.31 Å². The lowest BCUT2D eigenvalue weighted by molar-refractivity contribution is 0.343. The third kappa shape index (κ3) is 2.63. The molecule has 0 N–H and O–H groups in total. The van der Waals surface area contributed by atoms with Crippen LogP contribution in [-0.2, 0) is 10.0 Å². The topological polar surface area (TPSA) is 46.6 Å². The Morgan fingerprint density at radius 2 is 1.89 bits per heavy atom. The lowest BCUT2D eigenvalue weighted by Crippen LogP contribution is -2.35. The number of piperidine rings is 1. The Morgan fingerprint density at radius 3 is 2.50 bits per heavy atom. The molecule has 1 aliphatic rings. The Kier molecular flexibility index (Phi) is 4.14. The van der Waals surface area contributed by atoms with Crippen LogP contribution in [-0.4, -0.2) is 32.9 Å². The van der Waals surface area contributed by atoms with Crippen molar-refractivity contribution in [1.29, 1.82) is 0 Å². The van der Waals surface area contributed by atoms with Crippen LogP contribution in [0.1, 0.15) is 19.3 Å². The van der Waals surface area contributed by atoms with Gasteiger partial charge in [-0.15, -0.1) is 0 Å². The molecule has 4 nitrogen and oxygen atoms in total. The smallest absolute Gasteiger partial charge is 0.246 e. The van der Waals surface area contributed by atoms with Gasteiger partial charge >= 0.3 is 0 Å². The number of halogens is 1. The first-order valence-electron chi connectivity index (χ1n) is 5.89. The minimum atomic E-state index is -3.50. The van der Waals surface area contributed by atoms with E-state index in [1.165, 1.54) is 17.5 Å². The number of rotatable bonds is 3. The molecule has 1 saturated heterocycles. The molecule has 100 valence electrons. The Balaban J connectivity index is 2.42. The molecule has 6 heteroatoms. The van der Waals surface area contributed by atoms with Crippen molar-refractivity contribution in [1.82, 2.24) is 4.31 Å². The van der Waals surface area contributed by atoms with E-state index in [1.54, 1.807) is 12.1 Å². The van der Waals surface area contributed by atoms with Gasteiger partial charge in [-0.25, -0.2) is 8.42 Å². The predicted molar refractivity (Wildman–Crippen MR) is 70.6 cm³/mol. The van der Waals surface area contributed by atoms with Gasteiger partial charge in [0.1, 0.15) is 10.6 Å². The molecule has 0 radical (unpaired) electrons. The van der Waals surface area contributed by atoms with E-state index >= 15 is 0 Å². The van der Waals surface area contributed by atoms with Crippen molar-refractivity contribution in [3.8, 4) is 5.75 Å². The van der Waals surface area contributed by atoms with Gasteiger partial charge in [0.05, 0.1) is 7.11 Å². The summed E-state index contributed by atoms with van der Waals surface area (Å²) in [6.07, 6.45) is 2.89. The van der Waals surface area contributed by atoms with E-state index in [1.807, 2.05) is 0 Å². The summed E-state index contributed by atoms with van der Waals surface area (Å²) in [5.74, 6) is 0.338. The van der Waals surface area contributed by atoms with Gasteiger partial charge in [-0.05, 0) is 31.0 Å². The second-order valence-electron chi connectivity index (χ2n) is 4.26. The standard InChI is InChI=1S/C12H16ClNO3S/c1-17-11-6-5-10(13)9-12(11)18(15,16)14-7-3-2-4-8-14/h5-6,9H,2-4,7-8H2,1H3. The van der Waals surface area contributed by atoms with E-state index in [0.29, 0.717) is 23.9 Å². The van der Waals surface area contributed by atoms with Gasteiger partial charge in [0.15, 0.2) is 0 Å². The maximum Gasteiger partial charge on any atom is 0.246 e. The third-order valence-electron chi connectivity index (χ3n) is 3.06. The van der Waals surface area contributed by atoms with Gasteiger partial charge < -0.3 is 4.74 Å². The number of benzene rings is 1. The fourth-order valence-corrected chi connectivity index (χ4v) is 4.03. The molecule has 0 bridgehead atoms. The molecule has 0 unspecified atom stereocenters. The summed E-state index contributed by atoms with van der Waals surface area (Å²) >= 11 is 5.88. The molecule has 0 saturated carbocycles. The summed E-state index contributed by atoms with van der Waals surface area (Å²) in [5.41, 5.74) is 0. The zero-order chi connectivity index (χ0) is 13.2. The quantitative estimate of drug-likeness (QED) is 0.859. The molecule has 0 aromatic heterocycles. The minimum absolute atomic E-state index is 0.152. The van der Waals surface area contributed by atoms with E-state index in [-0.39, 0.29) is 4.90 Å². The van der Waals surface area contributed by atoms with E-state index in [2.05, 4.69) is 0 Å². The molecule has 0 atom stereocenters. The monoisotopic (exact) mass is 289 g/mol. The van der Waals surface area contributed by atoms with Crippen molar-refractivity contribution < 1.29 is 13.2 Å². The summed E-state index contributed by atoms with van der Waals surface area (Å²) < 4.78 is 31.6. The second kappa shape index (κ2) is 5.47. The molecule has 0 amide bonds. The maximum atomic E-state index is 12.5. The highest BCUT2D eigenvalue weighted by molar-refractivity contribution is 7.89. The van der Waals surface area contributed by atoms with Crippen molar-refractivity contribution in [2.45, 2.75) is 24.2 Å². The Labute approximate surface area is 113 Å². The molecule has 0 spiro atoms. The van der Waals surface area contributed by atoms with Crippen LogP contribution in [0, 0.1) is 0 Å². The van der Waals surface area contributed by atoms with Crippen molar-refractivity contribution in [2.75, 3.05) is 20.2 Å². The lowest BCUT2D eigenvalue weighted by atomic mass is 10.2. The van der Waals surface area contributed by atoms with E-state index < -0.39 is 10.0 Å². The first-order chi connectivity index (χ1) is 8.55. The molecule has 2 rings (SSSR count). The summed E-state index contributed by atoms with van der Waals surface area (Å²) in [6, 6.07) is 4.65. The van der Waals surface area contributed by atoms with E-state index in [4.69, 9.17) is 16.3 Å². The second-order valence-corrected chi connectivity index (χ2v) is 6.60. The maximum absolute atomic E-state index is 12.5. The summed E-state index contributed by atoms with van der Waals surface area (Å²) in [5, 5.41) is 0.395. The third-order valence-corrected chi connectivity index (χ3v) is 5.21. The molecule has 1 heterocycles. The highest BCUT2D eigenvalue weighted by atomic mass is 35.5. The lowest BCUT2D eigenvalue weighted by Gasteiger charge is -2.26. The van der Waals surface area contributed by atoms with Crippen molar-refractivity contribution in [3.05, 3.63) is 23.2 Å². The van der Waals surface area contributed by atoms with Crippen molar-refractivity contribution >= 4 is 21.6 Å². The van der Waals surface area contributed by atoms with Crippen LogP contribution in [0.2, 0.25) is 5.02 Å². The molecule has 1 aromatic rings. The Morgan fingerprint density at radius 1 is 1.22 bits per heavy atom. The van der Waals surface area contributed by atoms with Crippen LogP contribution in [0.15, 0.2) is 23.1 Å². The number of hydrogen-bond acceptors (Lipinski definition) is 3. The number of hydrogen-bond donors (Lipinski definition) is 0. The minimum Gasteiger partial charge on any atom is -0.495 e. The van der Waals surface area contributed by atoms with Gasteiger partial charge in [0.25, 0.3) is 0 Å². The van der Waals surface area contributed by atoms with E-state index in [9.17, 15) is 8.42 Å². The number of sulfonamides is 1. The van der Waals surface area contributed by atoms with Crippen molar-refractivity contribution in [2.24, 2.45) is 0 Å². The Bertz CT molecular complexity index is 524.